The van der Waals surface area contributed by atoms with E-state index in [-0.39, 0.29) is 10.6 Å². The smallest absolute Gasteiger partial charge is 0.0485 e. The van der Waals surface area contributed by atoms with Crippen LogP contribution in [-0.2, 0) is 9.53 Å². The molecule has 0 bridgehead atoms. The van der Waals surface area contributed by atoms with Crippen molar-refractivity contribution < 1.29 is 8.76 Å². The number of benzene rings is 2. The summed E-state index contributed by atoms with van der Waals surface area (Å²) in [5, 5.41) is 7.50. The van der Waals surface area contributed by atoms with Crippen molar-refractivity contribution in [2.75, 3.05) is 12.3 Å². The van der Waals surface area contributed by atoms with Crippen molar-refractivity contribution in [2.45, 2.75) is 17.7 Å². The summed E-state index contributed by atoms with van der Waals surface area (Å²) in [4.78, 5) is 0.138. The lowest BCUT2D eigenvalue weighted by Gasteiger charge is -2.51. The molecule has 2 aromatic carbocycles. The highest BCUT2D eigenvalue weighted by atomic mass is 35.5. The zero-order valence-electron chi connectivity index (χ0n) is 11.0. The van der Waals surface area contributed by atoms with Gasteiger partial charge in [0.25, 0.3) is 0 Å². The van der Waals surface area contributed by atoms with Gasteiger partial charge < -0.3 is 10.3 Å². The predicted octanol–water partition coefficient (Wildman–Crippen LogP) is 2.42. The van der Waals surface area contributed by atoms with Gasteiger partial charge in [-0.15, -0.1) is 0 Å². The summed E-state index contributed by atoms with van der Waals surface area (Å²) in [5.74, 6) is -0.111. The van der Waals surface area contributed by atoms with E-state index in [4.69, 9.17) is 22.5 Å². The maximum atomic E-state index is 12.7. The number of halogens is 1. The fourth-order valence-corrected chi connectivity index (χ4v) is 4.46. The van der Waals surface area contributed by atoms with Crippen molar-refractivity contribution in [2.24, 2.45) is 10.9 Å². The molecule has 0 radical (unpaired) electrons. The molecule has 6 heteroatoms. The molecule has 2 rings (SSSR count). The fourth-order valence-electron chi connectivity index (χ4n) is 2.25. The number of hydrogen-bond donors (Lipinski definition) is 2. The molecule has 0 spiro atoms. The van der Waals surface area contributed by atoms with E-state index in [1.165, 1.54) is 6.07 Å². The second kappa shape index (κ2) is 5.42. The van der Waals surface area contributed by atoms with Crippen molar-refractivity contribution in [3.8, 4) is 0 Å². The minimum atomic E-state index is -4.62. The molecular weight excluding hydrogens is 296 g/mol. The summed E-state index contributed by atoms with van der Waals surface area (Å²) in [6.07, 6.45) is 1.07. The minimum absolute atomic E-state index is 0.111. The maximum absolute atomic E-state index is 12.7. The Bertz CT molecular complexity index is 697. The molecule has 0 unspecified atom stereocenters. The molecule has 0 aliphatic rings. The van der Waals surface area contributed by atoms with E-state index in [2.05, 4.69) is 0 Å². The van der Waals surface area contributed by atoms with Crippen molar-refractivity contribution in [3.63, 3.8) is 0 Å². The van der Waals surface area contributed by atoms with Crippen LogP contribution in [0.5, 0.6) is 0 Å². The van der Waals surface area contributed by atoms with Gasteiger partial charge in [-0.2, -0.15) is 0 Å². The Balaban J connectivity index is 2.57. The molecule has 0 fully saturated rings. The van der Waals surface area contributed by atoms with E-state index in [0.29, 0.717) is 35.2 Å². The standard InChI is InChI=1S/C14H19ClN2O2S/c15-13-7-3-6-12-11(13)5-4-8-14(12)20(17,18,19)10-2-1-9-16/h3-8H,1-2,9-10,16H2,(H3,17,18,19)/p-1. The molecule has 0 amide bonds. The lowest BCUT2D eigenvalue weighted by Crippen LogP contribution is -2.46. The van der Waals surface area contributed by atoms with Crippen LogP contribution in [0.2, 0.25) is 5.02 Å². The molecule has 110 valence electrons. The van der Waals surface area contributed by atoms with Crippen LogP contribution in [0.25, 0.3) is 10.8 Å². The van der Waals surface area contributed by atoms with Gasteiger partial charge in [0.2, 0.25) is 0 Å². The fraction of sp³-hybridized carbons (Fsp3) is 0.286. The lowest BCUT2D eigenvalue weighted by molar-refractivity contribution is 0.484. The largest absolute Gasteiger partial charge is 0.753 e. The Kier molecular flexibility index (Phi) is 4.18. The van der Waals surface area contributed by atoms with Gasteiger partial charge in [0.1, 0.15) is 0 Å². The summed E-state index contributed by atoms with van der Waals surface area (Å²) in [6.45, 7) is 0.449. The van der Waals surface area contributed by atoms with Crippen LogP contribution in [0, 0.1) is 0 Å². The number of rotatable bonds is 5. The molecule has 4 nitrogen and oxygen atoms in total. The van der Waals surface area contributed by atoms with Crippen LogP contribution >= 0.6 is 11.6 Å². The van der Waals surface area contributed by atoms with Gasteiger partial charge in [0, 0.05) is 26.4 Å². The first-order chi connectivity index (χ1) is 9.33. The van der Waals surface area contributed by atoms with Gasteiger partial charge in [-0.25, -0.2) is 4.21 Å². The average molecular weight is 314 g/mol. The normalized spacial score (nSPS) is 14.1. The lowest BCUT2D eigenvalue weighted by atomic mass is 10.1. The number of primary sulfonamides is 2. The molecule has 0 saturated carbocycles. The van der Waals surface area contributed by atoms with Gasteiger partial charge in [-0.3, -0.25) is 14.7 Å². The van der Waals surface area contributed by atoms with Gasteiger partial charge in [-0.05, 0) is 31.5 Å². The summed E-state index contributed by atoms with van der Waals surface area (Å²) >= 11 is 6.10. The summed E-state index contributed by atoms with van der Waals surface area (Å²) < 4.78 is 25.5. The Hall–Kier alpha value is -0.980. The third-order valence-corrected chi connectivity index (χ3v) is 5.95. The average Bonchev–Trinajstić information content (AvgIpc) is 2.38. The Morgan fingerprint density at radius 1 is 1.10 bits per heavy atom. The highest BCUT2D eigenvalue weighted by molar-refractivity contribution is 8.13. The van der Waals surface area contributed by atoms with Crippen molar-refractivity contribution >= 4 is 31.9 Å². The van der Waals surface area contributed by atoms with Gasteiger partial charge in [0.15, 0.2) is 0 Å². The predicted molar refractivity (Wildman–Crippen MR) is 83.5 cm³/mol. The number of hydrogen-bond acceptors (Lipinski definition) is 3. The topological polar surface area (TPSA) is 92.2 Å². The first-order valence-electron chi connectivity index (χ1n) is 6.40. The molecule has 0 aromatic heterocycles. The molecule has 0 aliphatic heterocycles. The van der Waals surface area contributed by atoms with E-state index in [1.807, 2.05) is 0 Å². The van der Waals surface area contributed by atoms with Gasteiger partial charge in [-0.1, -0.05) is 35.9 Å². The van der Waals surface area contributed by atoms with Crippen molar-refractivity contribution in [1.82, 2.24) is 0 Å². The van der Waals surface area contributed by atoms with E-state index < -0.39 is 9.53 Å². The quantitative estimate of drug-likeness (QED) is 0.830. The zero-order valence-corrected chi connectivity index (χ0v) is 12.6. The third kappa shape index (κ3) is 3.02. The molecule has 4 N–H and O–H groups in total. The molecule has 2 aromatic rings. The Morgan fingerprint density at radius 3 is 2.45 bits per heavy atom. The molecular formula is C14H18ClN2O2S-. The number of unbranched alkanes of at least 4 members (excludes halogenated alkanes) is 1. The van der Waals surface area contributed by atoms with Crippen molar-refractivity contribution in [3.05, 3.63) is 41.4 Å². The summed E-state index contributed by atoms with van der Waals surface area (Å²) in [5.41, 5.74) is 5.40. The maximum Gasteiger partial charge on any atom is 0.0485 e. The van der Waals surface area contributed by atoms with Crippen molar-refractivity contribution in [1.29, 1.82) is 0 Å². The molecule has 0 saturated heterocycles. The SMILES string of the molecule is NCCCCS(N)(=O)([O-])c1cccc2c(Cl)cccc12. The molecule has 20 heavy (non-hydrogen) atoms. The van der Waals surface area contributed by atoms with Crippen LogP contribution in [0.1, 0.15) is 12.8 Å². The highest BCUT2D eigenvalue weighted by Crippen LogP contribution is 2.35. The number of nitrogens with two attached hydrogens (primary N) is 2. The van der Waals surface area contributed by atoms with Crippen LogP contribution in [0.4, 0.5) is 0 Å². The number of fused-ring (bicyclic) bond motifs is 1. The van der Waals surface area contributed by atoms with E-state index >= 15 is 0 Å². The number of sulfonamides is 2. The van der Waals surface area contributed by atoms with Crippen LogP contribution in [0.3, 0.4) is 0 Å². The van der Waals surface area contributed by atoms with Crippen LogP contribution in [-0.4, -0.2) is 21.1 Å². The summed E-state index contributed by atoms with van der Waals surface area (Å²) in [6, 6.07) is 10.1. The first kappa shape index (κ1) is 15.4. The first-order valence-corrected chi connectivity index (χ1v) is 8.90. The van der Waals surface area contributed by atoms with Gasteiger partial charge >= 0.3 is 0 Å². The summed E-state index contributed by atoms with van der Waals surface area (Å²) in [7, 11) is -4.62. The second-order valence-electron chi connectivity index (χ2n) is 4.88. The highest BCUT2D eigenvalue weighted by Gasteiger charge is 2.19. The monoisotopic (exact) mass is 313 g/mol. The van der Waals surface area contributed by atoms with Crippen LogP contribution in [0.15, 0.2) is 41.3 Å². The van der Waals surface area contributed by atoms with E-state index in [0.717, 1.165) is 0 Å². The second-order valence-corrected chi connectivity index (χ2v) is 8.32. The molecule has 0 heterocycles. The Labute approximate surface area is 123 Å². The number of sulfone groups is 1. The Morgan fingerprint density at radius 2 is 1.75 bits per heavy atom. The van der Waals surface area contributed by atoms with E-state index in [1.54, 1.807) is 30.3 Å². The third-order valence-electron chi connectivity index (χ3n) is 3.28. The zero-order chi connectivity index (χ0) is 14.8. The van der Waals surface area contributed by atoms with E-state index in [9.17, 15) is 8.76 Å². The van der Waals surface area contributed by atoms with Gasteiger partial charge in [0.05, 0.1) is 0 Å². The molecule has 0 aliphatic carbocycles. The minimum Gasteiger partial charge on any atom is -0.753 e. The molecule has 0 atom stereocenters. The van der Waals surface area contributed by atoms with Crippen LogP contribution < -0.4 is 10.9 Å².